The van der Waals surface area contributed by atoms with E-state index in [1.54, 1.807) is 4.72 Å². The predicted molar refractivity (Wildman–Crippen MR) is 103 cm³/mol. The van der Waals surface area contributed by atoms with Gasteiger partial charge in [0.1, 0.15) is 18.0 Å². The molecule has 0 radical (unpaired) electrons. The Labute approximate surface area is 164 Å². The number of benzene rings is 1. The Bertz CT molecular complexity index is 885. The first-order valence-corrected chi connectivity index (χ1v) is 11.0. The van der Waals surface area contributed by atoms with Crippen LogP contribution in [0.25, 0.3) is 0 Å². The van der Waals surface area contributed by atoms with E-state index in [2.05, 4.69) is 0 Å². The average molecular weight is 414 g/mol. The molecule has 156 valence electrons. The summed E-state index contributed by atoms with van der Waals surface area (Å²) in [6.07, 6.45) is 4.61. The smallest absolute Gasteiger partial charge is 0.326 e. The van der Waals surface area contributed by atoms with Crippen LogP contribution in [0.15, 0.2) is 6.07 Å². The molecule has 3 rings (SSSR count). The van der Waals surface area contributed by atoms with Crippen LogP contribution >= 0.6 is 0 Å². The first-order valence-electron chi connectivity index (χ1n) is 9.51. The van der Waals surface area contributed by atoms with Crippen LogP contribution in [0.2, 0.25) is 0 Å². The molecule has 7 nitrogen and oxygen atoms in total. The SMILES string of the molecule is CC(C)(CO)CCC[C@@H]1CCc2cc(O)c(N3CC(=O)NS3(=O)=O)c(F)c2C1. The third kappa shape index (κ3) is 4.10. The summed E-state index contributed by atoms with van der Waals surface area (Å²) in [4.78, 5) is 11.5. The summed E-state index contributed by atoms with van der Waals surface area (Å²) in [5.41, 5.74) is 0.501. The van der Waals surface area contributed by atoms with Crippen LogP contribution in [0.4, 0.5) is 10.1 Å². The maximum Gasteiger partial charge on any atom is 0.326 e. The first kappa shape index (κ1) is 20.9. The number of rotatable bonds is 6. The van der Waals surface area contributed by atoms with Gasteiger partial charge in [-0.2, -0.15) is 8.42 Å². The van der Waals surface area contributed by atoms with Gasteiger partial charge in [0.25, 0.3) is 5.91 Å². The molecule has 0 unspecified atom stereocenters. The number of aliphatic hydroxyl groups excluding tert-OH is 1. The van der Waals surface area contributed by atoms with Crippen molar-refractivity contribution in [3.05, 3.63) is 23.0 Å². The van der Waals surface area contributed by atoms with Crippen molar-refractivity contribution in [1.29, 1.82) is 0 Å². The number of nitrogens with one attached hydrogen (secondary N) is 1. The third-order valence-electron chi connectivity index (χ3n) is 5.69. The van der Waals surface area contributed by atoms with Crippen LogP contribution in [-0.4, -0.2) is 37.7 Å². The maximum absolute atomic E-state index is 15.2. The fraction of sp³-hybridized carbons (Fsp3) is 0.632. The van der Waals surface area contributed by atoms with Gasteiger partial charge < -0.3 is 10.2 Å². The number of carbonyl (C=O) groups excluding carboxylic acids is 1. The monoisotopic (exact) mass is 414 g/mol. The van der Waals surface area contributed by atoms with Gasteiger partial charge in [0.2, 0.25) is 0 Å². The highest BCUT2D eigenvalue weighted by Gasteiger charge is 2.39. The first-order chi connectivity index (χ1) is 13.0. The normalized spacial score (nSPS) is 21.5. The Morgan fingerprint density at radius 3 is 2.71 bits per heavy atom. The number of fused-ring (bicyclic) bond motifs is 1. The molecule has 2 aliphatic rings. The largest absolute Gasteiger partial charge is 0.506 e. The summed E-state index contributed by atoms with van der Waals surface area (Å²) in [5.74, 6) is -1.75. The highest BCUT2D eigenvalue weighted by atomic mass is 32.2. The van der Waals surface area contributed by atoms with Crippen molar-refractivity contribution < 1.29 is 27.8 Å². The molecular weight excluding hydrogens is 387 g/mol. The molecule has 1 aromatic carbocycles. The average Bonchev–Trinajstić information content (AvgIpc) is 2.87. The Morgan fingerprint density at radius 2 is 2.11 bits per heavy atom. The third-order valence-corrected chi connectivity index (χ3v) is 7.07. The standard InChI is InChI=1S/C19H27FN2O5S/c1-19(2,11-23)7-3-4-12-5-6-13-9-15(24)18(17(20)14(13)8-12)22-10-16(25)21-28(22,26)27/h9,12,23-24H,3-8,10-11H2,1-2H3,(H,21,25)/t12-/m1/s1. The lowest BCUT2D eigenvalue weighted by Gasteiger charge is -2.29. The van der Waals surface area contributed by atoms with Crippen molar-refractivity contribution in [1.82, 2.24) is 4.72 Å². The van der Waals surface area contributed by atoms with Gasteiger partial charge in [0, 0.05) is 6.61 Å². The number of halogens is 1. The highest BCUT2D eigenvalue weighted by molar-refractivity contribution is 7.92. The fourth-order valence-corrected chi connectivity index (χ4v) is 5.15. The quantitative estimate of drug-likeness (QED) is 0.660. The zero-order chi connectivity index (χ0) is 20.7. The number of carbonyl (C=O) groups is 1. The number of aromatic hydroxyl groups is 1. The van der Waals surface area contributed by atoms with Gasteiger partial charge in [-0.1, -0.05) is 26.7 Å². The summed E-state index contributed by atoms with van der Waals surface area (Å²) in [6, 6.07) is 1.41. The van der Waals surface area contributed by atoms with Crippen LogP contribution < -0.4 is 9.03 Å². The van der Waals surface area contributed by atoms with Gasteiger partial charge in [-0.05, 0) is 54.2 Å². The predicted octanol–water partition coefficient (Wildman–Crippen LogP) is 2.01. The van der Waals surface area contributed by atoms with E-state index in [4.69, 9.17) is 0 Å². The Balaban J connectivity index is 1.81. The summed E-state index contributed by atoms with van der Waals surface area (Å²) < 4.78 is 41.8. The van der Waals surface area contributed by atoms with Crippen LogP contribution in [0, 0.1) is 17.2 Å². The highest BCUT2D eigenvalue weighted by Crippen LogP contribution is 2.41. The summed E-state index contributed by atoms with van der Waals surface area (Å²) in [6.45, 7) is 3.58. The van der Waals surface area contributed by atoms with Crippen molar-refractivity contribution in [3.63, 3.8) is 0 Å². The van der Waals surface area contributed by atoms with E-state index in [0.29, 0.717) is 28.3 Å². The van der Waals surface area contributed by atoms with E-state index < -0.39 is 39.9 Å². The van der Waals surface area contributed by atoms with Gasteiger partial charge in [-0.25, -0.2) is 13.4 Å². The minimum Gasteiger partial charge on any atom is -0.506 e. The van der Waals surface area contributed by atoms with Gasteiger partial charge in [-0.15, -0.1) is 0 Å². The minimum absolute atomic E-state index is 0.120. The fourth-order valence-electron chi connectivity index (χ4n) is 3.99. The summed E-state index contributed by atoms with van der Waals surface area (Å²) in [7, 11) is -4.20. The number of aryl methyl sites for hydroxylation is 1. The van der Waals surface area contributed by atoms with Crippen LogP contribution in [0.5, 0.6) is 5.75 Å². The lowest BCUT2D eigenvalue weighted by molar-refractivity contribution is -0.117. The van der Waals surface area contributed by atoms with Crippen molar-refractivity contribution >= 4 is 21.8 Å². The van der Waals surface area contributed by atoms with Crippen LogP contribution in [0.1, 0.15) is 50.7 Å². The molecule has 1 aliphatic heterocycles. The van der Waals surface area contributed by atoms with Gasteiger partial charge >= 0.3 is 10.2 Å². The number of hydrogen-bond donors (Lipinski definition) is 3. The second-order valence-electron chi connectivity index (χ2n) is 8.56. The molecule has 1 fully saturated rings. The van der Waals surface area contributed by atoms with Crippen molar-refractivity contribution in [2.24, 2.45) is 11.3 Å². The number of anilines is 1. The molecule has 9 heteroatoms. The number of hydrogen-bond acceptors (Lipinski definition) is 5. The Morgan fingerprint density at radius 1 is 1.39 bits per heavy atom. The molecule has 0 saturated carbocycles. The van der Waals surface area contributed by atoms with Gasteiger partial charge in [0.15, 0.2) is 5.82 Å². The zero-order valence-electron chi connectivity index (χ0n) is 16.2. The Hall–Kier alpha value is -1.87. The molecule has 3 N–H and O–H groups in total. The van der Waals surface area contributed by atoms with E-state index >= 15 is 4.39 Å². The Kier molecular flexibility index (Phi) is 5.60. The van der Waals surface area contributed by atoms with E-state index in [9.17, 15) is 23.4 Å². The van der Waals surface area contributed by atoms with E-state index in [1.165, 1.54) is 6.07 Å². The van der Waals surface area contributed by atoms with Crippen molar-refractivity contribution in [2.45, 2.75) is 52.4 Å². The number of phenolic OH excluding ortho intramolecular Hbond substituents is 1. The topological polar surface area (TPSA) is 107 Å². The minimum atomic E-state index is -4.20. The van der Waals surface area contributed by atoms with E-state index in [0.717, 1.165) is 25.7 Å². The number of amides is 1. The zero-order valence-corrected chi connectivity index (χ0v) is 17.0. The van der Waals surface area contributed by atoms with Gasteiger partial charge in [-0.3, -0.25) is 4.79 Å². The molecule has 0 bridgehead atoms. The summed E-state index contributed by atoms with van der Waals surface area (Å²) in [5, 5.41) is 19.6. The number of phenols is 1. The molecule has 1 atom stereocenters. The maximum atomic E-state index is 15.2. The molecule has 0 aromatic heterocycles. The van der Waals surface area contributed by atoms with Crippen molar-refractivity contribution in [2.75, 3.05) is 17.5 Å². The number of nitrogens with zero attached hydrogens (tertiary/aromatic N) is 1. The molecule has 28 heavy (non-hydrogen) atoms. The van der Waals surface area contributed by atoms with Crippen LogP contribution in [-0.2, 0) is 27.8 Å². The number of aliphatic hydroxyl groups is 1. The van der Waals surface area contributed by atoms with Crippen LogP contribution in [0.3, 0.4) is 0 Å². The molecule has 1 amide bonds. The lowest BCUT2D eigenvalue weighted by atomic mass is 9.79. The second kappa shape index (κ2) is 7.51. The summed E-state index contributed by atoms with van der Waals surface area (Å²) >= 11 is 0. The second-order valence-corrected chi connectivity index (χ2v) is 10.2. The molecular formula is C19H27FN2O5S. The molecule has 1 saturated heterocycles. The molecule has 1 aliphatic carbocycles. The molecule has 1 aromatic rings. The van der Waals surface area contributed by atoms with E-state index in [1.807, 2.05) is 13.8 Å². The molecule has 0 spiro atoms. The lowest BCUT2D eigenvalue weighted by Crippen LogP contribution is -2.31. The van der Waals surface area contributed by atoms with E-state index in [-0.39, 0.29) is 17.9 Å². The van der Waals surface area contributed by atoms with Gasteiger partial charge in [0.05, 0.1) is 0 Å². The molecule has 1 heterocycles. The van der Waals surface area contributed by atoms with Crippen molar-refractivity contribution in [3.8, 4) is 5.75 Å².